The van der Waals surface area contributed by atoms with Crippen molar-refractivity contribution in [1.82, 2.24) is 4.98 Å². The lowest BCUT2D eigenvalue weighted by Crippen LogP contribution is -2.24. The van der Waals surface area contributed by atoms with Crippen molar-refractivity contribution in [2.75, 3.05) is 26.1 Å². The van der Waals surface area contributed by atoms with Crippen LogP contribution in [0.4, 0.5) is 5.69 Å². The van der Waals surface area contributed by atoms with Crippen molar-refractivity contribution in [3.05, 3.63) is 35.5 Å². The van der Waals surface area contributed by atoms with Gasteiger partial charge in [-0.05, 0) is 30.9 Å². The molecule has 0 radical (unpaired) electrons. The first-order valence-corrected chi connectivity index (χ1v) is 7.03. The predicted molar refractivity (Wildman–Crippen MR) is 80.1 cm³/mol. The van der Waals surface area contributed by atoms with Crippen LogP contribution >= 0.6 is 0 Å². The lowest BCUT2D eigenvalue weighted by atomic mass is 10.1. The van der Waals surface area contributed by atoms with Crippen molar-refractivity contribution in [3.63, 3.8) is 0 Å². The molecule has 1 aliphatic carbocycles. The molecule has 1 aromatic heterocycles. The Balaban J connectivity index is 1.99. The molecule has 106 valence electrons. The SMILES string of the molecule is COC(CNc1c2c(nc3ccccc13)CCC2)OC. The summed E-state index contributed by atoms with van der Waals surface area (Å²) in [6, 6.07) is 8.29. The fraction of sp³-hybridized carbons (Fsp3) is 0.438. The van der Waals surface area contributed by atoms with Crippen molar-refractivity contribution in [2.45, 2.75) is 25.6 Å². The number of ether oxygens (including phenoxy) is 2. The number of fused-ring (bicyclic) bond motifs is 2. The number of rotatable bonds is 5. The third-order valence-corrected chi connectivity index (χ3v) is 3.89. The first-order valence-electron chi connectivity index (χ1n) is 7.03. The van der Waals surface area contributed by atoms with E-state index in [0.717, 1.165) is 18.4 Å². The lowest BCUT2D eigenvalue weighted by Gasteiger charge is -2.18. The lowest BCUT2D eigenvalue weighted by molar-refractivity contribution is -0.0913. The summed E-state index contributed by atoms with van der Waals surface area (Å²) in [5, 5.41) is 4.68. The van der Waals surface area contributed by atoms with Gasteiger partial charge in [0.2, 0.25) is 0 Å². The van der Waals surface area contributed by atoms with E-state index in [1.165, 1.54) is 28.8 Å². The quantitative estimate of drug-likeness (QED) is 0.850. The molecule has 0 unspecified atom stereocenters. The second-order valence-electron chi connectivity index (χ2n) is 5.06. The van der Waals surface area contributed by atoms with E-state index in [-0.39, 0.29) is 6.29 Å². The molecule has 20 heavy (non-hydrogen) atoms. The topological polar surface area (TPSA) is 43.4 Å². The van der Waals surface area contributed by atoms with E-state index in [1.54, 1.807) is 14.2 Å². The molecule has 4 nitrogen and oxygen atoms in total. The zero-order valence-electron chi connectivity index (χ0n) is 12.0. The third-order valence-electron chi connectivity index (χ3n) is 3.89. The van der Waals surface area contributed by atoms with E-state index in [9.17, 15) is 0 Å². The Kier molecular flexibility index (Phi) is 3.85. The molecule has 1 heterocycles. The Bertz CT molecular complexity index is 609. The van der Waals surface area contributed by atoms with Gasteiger partial charge in [0.25, 0.3) is 0 Å². The van der Waals surface area contributed by atoms with Gasteiger partial charge in [-0.1, -0.05) is 18.2 Å². The van der Waals surface area contributed by atoms with Crippen LogP contribution in [0.3, 0.4) is 0 Å². The average Bonchev–Trinajstić information content (AvgIpc) is 2.95. The van der Waals surface area contributed by atoms with Crippen LogP contribution in [0.5, 0.6) is 0 Å². The maximum atomic E-state index is 5.25. The number of pyridine rings is 1. The summed E-state index contributed by atoms with van der Waals surface area (Å²) in [7, 11) is 3.32. The zero-order chi connectivity index (χ0) is 13.9. The molecule has 0 bridgehead atoms. The number of hydrogen-bond acceptors (Lipinski definition) is 4. The van der Waals surface area contributed by atoms with Crippen LogP contribution in [0, 0.1) is 0 Å². The molecule has 3 rings (SSSR count). The number of methoxy groups -OCH3 is 2. The van der Waals surface area contributed by atoms with Gasteiger partial charge < -0.3 is 14.8 Å². The summed E-state index contributed by atoms with van der Waals surface area (Å²) in [5.74, 6) is 0. The number of nitrogens with one attached hydrogen (secondary N) is 1. The van der Waals surface area contributed by atoms with Gasteiger partial charge in [0, 0.05) is 31.0 Å². The molecule has 1 N–H and O–H groups in total. The first kappa shape index (κ1) is 13.3. The standard InChI is InChI=1S/C16H20N2O2/c1-19-15(20-2)10-17-16-11-6-3-4-8-13(11)18-14-9-5-7-12(14)16/h3-4,6,8,15H,5,7,9-10H2,1-2H3,(H,17,18). The molecule has 0 aliphatic heterocycles. The highest BCUT2D eigenvalue weighted by molar-refractivity contribution is 5.93. The van der Waals surface area contributed by atoms with Gasteiger partial charge in [0.15, 0.2) is 6.29 Å². The van der Waals surface area contributed by atoms with Crippen molar-refractivity contribution in [2.24, 2.45) is 0 Å². The van der Waals surface area contributed by atoms with E-state index in [2.05, 4.69) is 23.5 Å². The van der Waals surface area contributed by atoms with E-state index >= 15 is 0 Å². The first-order chi connectivity index (χ1) is 9.83. The normalized spacial score (nSPS) is 13.9. The van der Waals surface area contributed by atoms with Gasteiger partial charge in [0.05, 0.1) is 12.1 Å². The van der Waals surface area contributed by atoms with Crippen molar-refractivity contribution in [1.29, 1.82) is 0 Å². The second-order valence-corrected chi connectivity index (χ2v) is 5.06. The Morgan fingerprint density at radius 1 is 1.20 bits per heavy atom. The molecule has 4 heteroatoms. The number of nitrogens with zero attached hydrogens (tertiary/aromatic N) is 1. The fourth-order valence-corrected chi connectivity index (χ4v) is 2.86. The van der Waals surface area contributed by atoms with Gasteiger partial charge in [-0.25, -0.2) is 0 Å². The number of anilines is 1. The Labute approximate surface area is 119 Å². The Morgan fingerprint density at radius 2 is 2.00 bits per heavy atom. The summed E-state index contributed by atoms with van der Waals surface area (Å²) >= 11 is 0. The minimum Gasteiger partial charge on any atom is -0.379 e. The predicted octanol–water partition coefficient (Wildman–Crippen LogP) is 2.75. The summed E-state index contributed by atoms with van der Waals surface area (Å²) in [5.41, 5.74) is 4.84. The fourth-order valence-electron chi connectivity index (χ4n) is 2.86. The number of aryl methyl sites for hydroxylation is 1. The molecule has 0 atom stereocenters. The molecule has 0 saturated carbocycles. The summed E-state index contributed by atoms with van der Waals surface area (Å²) in [6.07, 6.45) is 3.12. The highest BCUT2D eigenvalue weighted by Gasteiger charge is 2.19. The minimum absolute atomic E-state index is 0.237. The van der Waals surface area contributed by atoms with Crippen LogP contribution in [-0.4, -0.2) is 32.0 Å². The maximum absolute atomic E-state index is 5.25. The molecule has 1 aliphatic rings. The average molecular weight is 272 g/mol. The van der Waals surface area contributed by atoms with Crippen molar-refractivity contribution >= 4 is 16.6 Å². The number of aromatic nitrogens is 1. The van der Waals surface area contributed by atoms with Crippen molar-refractivity contribution in [3.8, 4) is 0 Å². The van der Waals surface area contributed by atoms with Gasteiger partial charge in [-0.3, -0.25) is 4.98 Å². The summed E-state index contributed by atoms with van der Waals surface area (Å²) < 4.78 is 10.5. The molecule has 0 spiro atoms. The molecular formula is C16H20N2O2. The van der Waals surface area contributed by atoms with Crippen LogP contribution < -0.4 is 5.32 Å². The molecule has 0 fully saturated rings. The molecule has 1 aromatic carbocycles. The number of para-hydroxylation sites is 1. The third kappa shape index (κ3) is 2.37. The van der Waals surface area contributed by atoms with Crippen molar-refractivity contribution < 1.29 is 9.47 Å². The van der Waals surface area contributed by atoms with E-state index in [1.807, 2.05) is 6.07 Å². The Hall–Kier alpha value is -1.65. The van der Waals surface area contributed by atoms with Crippen LogP contribution in [0.2, 0.25) is 0 Å². The van der Waals surface area contributed by atoms with Crippen LogP contribution in [-0.2, 0) is 22.3 Å². The number of hydrogen-bond donors (Lipinski definition) is 1. The smallest absolute Gasteiger partial charge is 0.173 e. The zero-order valence-corrected chi connectivity index (χ0v) is 12.0. The minimum atomic E-state index is -0.237. The second kappa shape index (κ2) is 5.77. The van der Waals surface area contributed by atoms with Gasteiger partial charge in [-0.2, -0.15) is 0 Å². The molecular weight excluding hydrogens is 252 g/mol. The maximum Gasteiger partial charge on any atom is 0.173 e. The van der Waals surface area contributed by atoms with Gasteiger partial charge in [0.1, 0.15) is 0 Å². The van der Waals surface area contributed by atoms with E-state index in [0.29, 0.717) is 6.54 Å². The molecule has 2 aromatic rings. The Morgan fingerprint density at radius 3 is 2.80 bits per heavy atom. The largest absolute Gasteiger partial charge is 0.379 e. The van der Waals surface area contributed by atoms with Crippen LogP contribution in [0.25, 0.3) is 10.9 Å². The van der Waals surface area contributed by atoms with Gasteiger partial charge >= 0.3 is 0 Å². The monoisotopic (exact) mass is 272 g/mol. The van der Waals surface area contributed by atoms with Crippen LogP contribution in [0.15, 0.2) is 24.3 Å². The van der Waals surface area contributed by atoms with Gasteiger partial charge in [-0.15, -0.1) is 0 Å². The number of benzene rings is 1. The highest BCUT2D eigenvalue weighted by atomic mass is 16.7. The van der Waals surface area contributed by atoms with E-state index in [4.69, 9.17) is 14.5 Å². The summed E-state index contributed by atoms with van der Waals surface area (Å²) in [4.78, 5) is 4.78. The molecule has 0 saturated heterocycles. The van der Waals surface area contributed by atoms with Crippen LogP contribution in [0.1, 0.15) is 17.7 Å². The van der Waals surface area contributed by atoms with E-state index < -0.39 is 0 Å². The highest BCUT2D eigenvalue weighted by Crippen LogP contribution is 2.33. The molecule has 0 amide bonds. The summed E-state index contributed by atoms with van der Waals surface area (Å²) in [6.45, 7) is 0.632.